The molecule has 0 spiro atoms. The number of benzene rings is 1. The largest absolute Gasteiger partial charge is 0.0901 e. The maximum atomic E-state index is 2.40. The molecule has 12 heavy (non-hydrogen) atoms. The van der Waals surface area contributed by atoms with Crippen molar-refractivity contribution in [1.82, 2.24) is 0 Å². The third kappa shape index (κ3) is 1.76. The summed E-state index contributed by atoms with van der Waals surface area (Å²) in [5.41, 5.74) is 1.43. The van der Waals surface area contributed by atoms with E-state index in [2.05, 4.69) is 36.4 Å². The number of allylic oxidation sites excluding steroid dienone is 1. The summed E-state index contributed by atoms with van der Waals surface area (Å²) in [5.74, 6) is 0. The minimum Gasteiger partial charge on any atom is -0.0901 e. The van der Waals surface area contributed by atoms with Crippen LogP contribution < -0.4 is 0 Å². The second-order valence-corrected chi connectivity index (χ2v) is 4.45. The molecule has 1 heterocycles. The van der Waals surface area contributed by atoms with E-state index in [1.807, 2.05) is 0 Å². The second kappa shape index (κ2) is 3.87. The summed E-state index contributed by atoms with van der Waals surface area (Å²) >= 11 is 0. The molecule has 1 heteroatoms. The highest BCUT2D eigenvalue weighted by Crippen LogP contribution is 2.37. The Morgan fingerprint density at radius 3 is 2.58 bits per heavy atom. The first-order chi connectivity index (χ1) is 5.97. The van der Waals surface area contributed by atoms with Gasteiger partial charge in [-0.3, -0.25) is 0 Å². The molecule has 1 unspecified atom stereocenters. The first-order valence-electron chi connectivity index (χ1n) is 4.46. The van der Waals surface area contributed by atoms with Crippen molar-refractivity contribution in [2.75, 3.05) is 6.16 Å². The van der Waals surface area contributed by atoms with Crippen LogP contribution in [-0.2, 0) is 0 Å². The van der Waals surface area contributed by atoms with E-state index in [4.69, 9.17) is 0 Å². The normalized spacial score (nSPS) is 19.2. The van der Waals surface area contributed by atoms with E-state index in [9.17, 15) is 0 Å². The van der Waals surface area contributed by atoms with Crippen LogP contribution in [-0.4, -0.2) is 6.16 Å². The minimum atomic E-state index is 1.03. The quantitative estimate of drug-likeness (QED) is 0.574. The van der Waals surface area contributed by atoms with Gasteiger partial charge in [0.05, 0.1) is 0 Å². The summed E-state index contributed by atoms with van der Waals surface area (Å²) in [6.07, 6.45) is 6.45. The average Bonchev–Trinajstić information content (AvgIpc) is 2.21. The Hall–Kier alpha value is -0.610. The van der Waals surface area contributed by atoms with E-state index in [1.165, 1.54) is 24.6 Å². The molecule has 0 amide bonds. The van der Waals surface area contributed by atoms with Crippen LogP contribution in [0.4, 0.5) is 0 Å². The van der Waals surface area contributed by atoms with E-state index < -0.39 is 0 Å². The molecule has 0 nitrogen and oxygen atoms in total. The topological polar surface area (TPSA) is 0 Å². The molecule has 0 bridgehead atoms. The minimum absolute atomic E-state index is 1.03. The highest BCUT2D eigenvalue weighted by molar-refractivity contribution is 7.50. The van der Waals surface area contributed by atoms with Gasteiger partial charge in [-0.1, -0.05) is 45.0 Å². The molecule has 1 atom stereocenters. The average molecular weight is 176 g/mol. The lowest BCUT2D eigenvalue weighted by Gasteiger charge is -2.12. The van der Waals surface area contributed by atoms with Crippen LogP contribution in [0, 0.1) is 0 Å². The lowest BCUT2D eigenvalue weighted by Crippen LogP contribution is -1.87. The summed E-state index contributed by atoms with van der Waals surface area (Å²) < 4.78 is 0. The maximum absolute atomic E-state index is 2.40. The van der Waals surface area contributed by atoms with Gasteiger partial charge in [-0.15, -0.1) is 0 Å². The van der Waals surface area contributed by atoms with Gasteiger partial charge in [-0.05, 0) is 29.9 Å². The molecule has 0 saturated carbocycles. The van der Waals surface area contributed by atoms with Crippen LogP contribution in [0.25, 0.3) is 5.31 Å². The predicted molar refractivity (Wildman–Crippen MR) is 56.8 cm³/mol. The van der Waals surface area contributed by atoms with Crippen LogP contribution in [0.15, 0.2) is 36.4 Å². The Morgan fingerprint density at radius 2 is 1.92 bits per heavy atom. The van der Waals surface area contributed by atoms with E-state index >= 15 is 0 Å². The number of hydrogen-bond donors (Lipinski definition) is 0. The van der Waals surface area contributed by atoms with Gasteiger partial charge in [-0.2, -0.15) is 0 Å². The Bertz CT molecular complexity index is 274. The van der Waals surface area contributed by atoms with Crippen molar-refractivity contribution in [3.8, 4) is 0 Å². The van der Waals surface area contributed by atoms with E-state index in [1.54, 1.807) is 5.31 Å². The van der Waals surface area contributed by atoms with Crippen LogP contribution >= 0.6 is 8.58 Å². The first-order valence-corrected chi connectivity index (χ1v) is 5.67. The standard InChI is InChI=1S/C11H13P/c1-2-6-10(7-3-1)11-8-4-5-9-12-11/h1-3,6-8,12H,4-5,9H2. The zero-order valence-electron chi connectivity index (χ0n) is 7.09. The zero-order valence-corrected chi connectivity index (χ0v) is 8.09. The summed E-state index contributed by atoms with van der Waals surface area (Å²) in [4.78, 5) is 0. The monoisotopic (exact) mass is 176 g/mol. The highest BCUT2D eigenvalue weighted by atomic mass is 31.1. The lowest BCUT2D eigenvalue weighted by atomic mass is 10.2. The van der Waals surface area contributed by atoms with Crippen LogP contribution in [0.2, 0.25) is 0 Å². The van der Waals surface area contributed by atoms with Gasteiger partial charge in [0.1, 0.15) is 0 Å². The van der Waals surface area contributed by atoms with Gasteiger partial charge in [0, 0.05) is 0 Å². The smallest absolute Gasteiger partial charge is 0.0185 e. The SMILES string of the molecule is C1=C(c2ccccc2)PCCC1. The molecule has 0 N–H and O–H groups in total. The van der Waals surface area contributed by atoms with Gasteiger partial charge in [-0.25, -0.2) is 0 Å². The highest BCUT2D eigenvalue weighted by Gasteiger charge is 2.04. The molecule has 0 aliphatic carbocycles. The zero-order chi connectivity index (χ0) is 8.23. The number of hydrogen-bond acceptors (Lipinski definition) is 0. The van der Waals surface area contributed by atoms with Gasteiger partial charge < -0.3 is 0 Å². The number of rotatable bonds is 1. The van der Waals surface area contributed by atoms with Gasteiger partial charge in [0.25, 0.3) is 0 Å². The first kappa shape index (κ1) is 8.01. The van der Waals surface area contributed by atoms with Gasteiger partial charge >= 0.3 is 0 Å². The summed E-state index contributed by atoms with van der Waals surface area (Å²) in [6.45, 7) is 0. The Kier molecular flexibility index (Phi) is 2.58. The fraction of sp³-hybridized carbons (Fsp3) is 0.273. The predicted octanol–water partition coefficient (Wildman–Crippen LogP) is 3.50. The third-order valence-corrected chi connectivity index (χ3v) is 3.61. The van der Waals surface area contributed by atoms with Crippen molar-refractivity contribution < 1.29 is 0 Å². The Morgan fingerprint density at radius 1 is 1.08 bits per heavy atom. The molecule has 62 valence electrons. The summed E-state index contributed by atoms with van der Waals surface area (Å²) in [6, 6.07) is 10.7. The molecule has 1 aliphatic rings. The van der Waals surface area contributed by atoms with Crippen LogP contribution in [0.5, 0.6) is 0 Å². The molecular formula is C11H13P. The molecule has 1 aromatic rings. The summed E-state index contributed by atoms with van der Waals surface area (Å²) in [5, 5.41) is 1.57. The fourth-order valence-corrected chi connectivity index (χ4v) is 2.79. The Labute approximate surface area is 75.5 Å². The van der Waals surface area contributed by atoms with Crippen molar-refractivity contribution in [3.63, 3.8) is 0 Å². The molecule has 0 aromatic heterocycles. The fourth-order valence-electron chi connectivity index (χ4n) is 1.48. The maximum Gasteiger partial charge on any atom is -0.0185 e. The van der Waals surface area contributed by atoms with E-state index in [0.29, 0.717) is 0 Å². The third-order valence-electron chi connectivity index (χ3n) is 2.13. The molecule has 1 aliphatic heterocycles. The van der Waals surface area contributed by atoms with Crippen molar-refractivity contribution >= 4 is 13.9 Å². The van der Waals surface area contributed by atoms with Crippen molar-refractivity contribution in [2.24, 2.45) is 0 Å². The molecule has 1 aromatic carbocycles. The summed E-state index contributed by atoms with van der Waals surface area (Å²) in [7, 11) is 1.03. The second-order valence-electron chi connectivity index (χ2n) is 3.05. The molecule has 0 fully saturated rings. The van der Waals surface area contributed by atoms with Crippen molar-refractivity contribution in [2.45, 2.75) is 12.8 Å². The van der Waals surface area contributed by atoms with Crippen molar-refractivity contribution in [3.05, 3.63) is 42.0 Å². The molecular weight excluding hydrogens is 163 g/mol. The molecule has 0 radical (unpaired) electrons. The van der Waals surface area contributed by atoms with Gasteiger partial charge in [0.15, 0.2) is 0 Å². The lowest BCUT2D eigenvalue weighted by molar-refractivity contribution is 0.965. The Balaban J connectivity index is 2.24. The van der Waals surface area contributed by atoms with E-state index in [0.717, 1.165) is 8.58 Å². The van der Waals surface area contributed by atoms with E-state index in [-0.39, 0.29) is 0 Å². The van der Waals surface area contributed by atoms with Gasteiger partial charge in [0.2, 0.25) is 0 Å². The van der Waals surface area contributed by atoms with Crippen LogP contribution in [0.3, 0.4) is 0 Å². The molecule has 0 saturated heterocycles. The van der Waals surface area contributed by atoms with Crippen molar-refractivity contribution in [1.29, 1.82) is 0 Å². The van der Waals surface area contributed by atoms with Crippen LogP contribution in [0.1, 0.15) is 18.4 Å². The molecule has 2 rings (SSSR count).